The van der Waals surface area contributed by atoms with E-state index in [1.165, 1.54) is 0 Å². The molecule has 0 aliphatic heterocycles. The lowest BCUT2D eigenvalue weighted by atomic mass is 10.2. The maximum absolute atomic E-state index is 11.9. The molecule has 0 aliphatic rings. The van der Waals surface area contributed by atoms with Gasteiger partial charge in [0.1, 0.15) is 6.54 Å². The third-order valence-corrected chi connectivity index (χ3v) is 2.07. The minimum atomic E-state index is -2.04. The molecule has 0 aliphatic carbocycles. The predicted molar refractivity (Wildman–Crippen MR) is 68.4 cm³/mol. The number of aliphatic carboxylic acids is 1. The molecular formula is C12H17NO9. The molecule has 0 aromatic rings. The molecule has 10 heteroatoms. The number of carbonyl (C=O) groups is 5. The van der Waals surface area contributed by atoms with Gasteiger partial charge in [-0.15, -0.1) is 0 Å². The van der Waals surface area contributed by atoms with E-state index < -0.39 is 48.5 Å². The molecule has 10 nitrogen and oxygen atoms in total. The highest BCUT2D eigenvalue weighted by atomic mass is 16.6. The van der Waals surface area contributed by atoms with Crippen LogP contribution >= 0.6 is 0 Å². The molecule has 2 unspecified atom stereocenters. The van der Waals surface area contributed by atoms with Crippen molar-refractivity contribution in [3.05, 3.63) is 0 Å². The fourth-order valence-electron chi connectivity index (χ4n) is 1.32. The lowest BCUT2D eigenvalue weighted by molar-refractivity contribution is -0.180. The quantitative estimate of drug-likeness (QED) is 0.408. The minimum absolute atomic E-state index is 0.0906. The summed E-state index contributed by atoms with van der Waals surface area (Å²) in [6.07, 6.45) is -3.98. The lowest BCUT2D eigenvalue weighted by Crippen LogP contribution is -2.50. The van der Waals surface area contributed by atoms with E-state index in [1.807, 2.05) is 5.32 Å². The molecule has 0 spiro atoms. The Labute approximate surface area is 125 Å². The number of hydrogen-bond donors (Lipinski definition) is 2. The number of carboxylic acid groups (broad SMARTS) is 1. The van der Waals surface area contributed by atoms with Gasteiger partial charge in [0.15, 0.2) is 0 Å². The molecule has 124 valence electrons. The molecule has 0 radical (unpaired) electrons. The average molecular weight is 319 g/mol. The Bertz CT molecular complexity index is 460. The number of hydrogen-bond acceptors (Lipinski definition) is 8. The molecule has 0 saturated heterocycles. The maximum atomic E-state index is 11.9. The Balaban J connectivity index is 5.03. The molecule has 0 heterocycles. The molecule has 2 atom stereocenters. The van der Waals surface area contributed by atoms with Crippen molar-refractivity contribution in [3.8, 4) is 0 Å². The fourth-order valence-corrected chi connectivity index (χ4v) is 1.32. The van der Waals surface area contributed by atoms with E-state index in [0.29, 0.717) is 0 Å². The lowest BCUT2D eigenvalue weighted by Gasteiger charge is -2.22. The van der Waals surface area contributed by atoms with Crippen molar-refractivity contribution >= 4 is 29.8 Å². The van der Waals surface area contributed by atoms with Gasteiger partial charge in [-0.05, 0) is 6.92 Å². The highest BCUT2D eigenvalue weighted by Crippen LogP contribution is 2.07. The molecule has 0 rings (SSSR count). The first-order valence-corrected chi connectivity index (χ1v) is 6.19. The van der Waals surface area contributed by atoms with E-state index in [-0.39, 0.29) is 6.61 Å². The second kappa shape index (κ2) is 9.32. The molecule has 1 amide bonds. The summed E-state index contributed by atoms with van der Waals surface area (Å²) in [4.78, 5) is 55.9. The van der Waals surface area contributed by atoms with Crippen LogP contribution < -0.4 is 5.32 Å². The topological polar surface area (TPSA) is 145 Å². The first-order chi connectivity index (χ1) is 10.2. The van der Waals surface area contributed by atoms with E-state index in [4.69, 9.17) is 5.11 Å². The Morgan fingerprint density at radius 2 is 1.50 bits per heavy atom. The summed E-state index contributed by atoms with van der Waals surface area (Å²) in [5.41, 5.74) is 0. The fraction of sp³-hybridized carbons (Fsp3) is 0.583. The van der Waals surface area contributed by atoms with Gasteiger partial charge in [0, 0.05) is 13.8 Å². The van der Waals surface area contributed by atoms with Crippen LogP contribution in [0.5, 0.6) is 0 Å². The Morgan fingerprint density at radius 3 is 1.91 bits per heavy atom. The minimum Gasteiger partial charge on any atom is -0.478 e. The molecule has 0 saturated carbocycles. The average Bonchev–Trinajstić information content (AvgIpc) is 2.39. The van der Waals surface area contributed by atoms with Gasteiger partial charge in [-0.1, -0.05) is 0 Å². The standard InChI is InChI=1S/C12H17NO9/c1-4-20-8(16)5-13-11(17)9(21-6(2)14)10(12(18)19)22-7(3)15/h9-10H,4-5H2,1-3H3,(H,13,17)(H,18,19). The van der Waals surface area contributed by atoms with Crippen LogP contribution in [0.15, 0.2) is 0 Å². The van der Waals surface area contributed by atoms with Crippen LogP contribution in [0.1, 0.15) is 20.8 Å². The van der Waals surface area contributed by atoms with Crippen molar-refractivity contribution in [1.82, 2.24) is 5.32 Å². The summed E-state index contributed by atoms with van der Waals surface area (Å²) in [5, 5.41) is 11.0. The molecular weight excluding hydrogens is 302 g/mol. The van der Waals surface area contributed by atoms with Gasteiger partial charge >= 0.3 is 23.9 Å². The van der Waals surface area contributed by atoms with Crippen LogP contribution in [0.2, 0.25) is 0 Å². The Hall–Kier alpha value is -2.65. The zero-order valence-electron chi connectivity index (χ0n) is 12.3. The summed E-state index contributed by atoms with van der Waals surface area (Å²) in [7, 11) is 0. The van der Waals surface area contributed by atoms with Crippen LogP contribution in [0.25, 0.3) is 0 Å². The number of amides is 1. The molecule has 0 aromatic heterocycles. The van der Waals surface area contributed by atoms with Gasteiger partial charge in [-0.2, -0.15) is 0 Å². The number of carboxylic acids is 1. The van der Waals surface area contributed by atoms with Gasteiger partial charge in [-0.3, -0.25) is 19.2 Å². The number of rotatable bonds is 8. The van der Waals surface area contributed by atoms with Crippen molar-refractivity contribution in [2.75, 3.05) is 13.2 Å². The third-order valence-electron chi connectivity index (χ3n) is 2.07. The predicted octanol–water partition coefficient (Wildman–Crippen LogP) is -1.39. The van der Waals surface area contributed by atoms with Gasteiger partial charge in [0.2, 0.25) is 12.2 Å². The largest absolute Gasteiger partial charge is 0.478 e. The maximum Gasteiger partial charge on any atom is 0.349 e. The second-order valence-electron chi connectivity index (χ2n) is 3.92. The molecule has 22 heavy (non-hydrogen) atoms. The first kappa shape index (κ1) is 19.4. The van der Waals surface area contributed by atoms with E-state index >= 15 is 0 Å². The van der Waals surface area contributed by atoms with Gasteiger partial charge in [0.25, 0.3) is 5.91 Å². The van der Waals surface area contributed by atoms with Gasteiger partial charge < -0.3 is 24.6 Å². The van der Waals surface area contributed by atoms with Crippen LogP contribution in [0, 0.1) is 0 Å². The molecule has 2 N–H and O–H groups in total. The van der Waals surface area contributed by atoms with Crippen molar-refractivity contribution in [2.45, 2.75) is 33.0 Å². The van der Waals surface area contributed by atoms with Crippen LogP contribution in [0.3, 0.4) is 0 Å². The van der Waals surface area contributed by atoms with Crippen LogP contribution in [-0.4, -0.2) is 60.3 Å². The monoisotopic (exact) mass is 319 g/mol. The van der Waals surface area contributed by atoms with E-state index in [2.05, 4.69) is 14.2 Å². The van der Waals surface area contributed by atoms with Crippen LogP contribution in [-0.2, 0) is 38.2 Å². The van der Waals surface area contributed by atoms with E-state index in [1.54, 1.807) is 6.92 Å². The second-order valence-corrected chi connectivity index (χ2v) is 3.92. The molecule has 0 bridgehead atoms. The zero-order valence-corrected chi connectivity index (χ0v) is 12.3. The van der Waals surface area contributed by atoms with Crippen molar-refractivity contribution < 1.29 is 43.3 Å². The first-order valence-electron chi connectivity index (χ1n) is 6.19. The van der Waals surface area contributed by atoms with Gasteiger partial charge in [-0.25, -0.2) is 4.79 Å². The normalized spacial score (nSPS) is 12.5. The van der Waals surface area contributed by atoms with E-state index in [0.717, 1.165) is 13.8 Å². The number of ether oxygens (including phenoxy) is 3. The van der Waals surface area contributed by atoms with Crippen molar-refractivity contribution in [3.63, 3.8) is 0 Å². The SMILES string of the molecule is CCOC(=O)CNC(=O)C(OC(C)=O)C(OC(C)=O)C(=O)O. The summed E-state index contributed by atoms with van der Waals surface area (Å²) < 4.78 is 13.6. The van der Waals surface area contributed by atoms with Crippen LogP contribution in [0.4, 0.5) is 0 Å². The molecule has 0 aromatic carbocycles. The summed E-state index contributed by atoms with van der Waals surface area (Å²) >= 11 is 0. The van der Waals surface area contributed by atoms with Crippen molar-refractivity contribution in [1.29, 1.82) is 0 Å². The summed E-state index contributed by atoms with van der Waals surface area (Å²) in [6, 6.07) is 0. The zero-order chi connectivity index (χ0) is 17.3. The Morgan fingerprint density at radius 1 is 1.00 bits per heavy atom. The highest BCUT2D eigenvalue weighted by Gasteiger charge is 2.39. The smallest absolute Gasteiger partial charge is 0.349 e. The number of nitrogens with one attached hydrogen (secondary N) is 1. The van der Waals surface area contributed by atoms with E-state index in [9.17, 15) is 24.0 Å². The highest BCUT2D eigenvalue weighted by molar-refractivity contribution is 5.92. The number of carbonyl (C=O) groups excluding carboxylic acids is 4. The Kier molecular flexibility index (Phi) is 8.19. The number of esters is 3. The summed E-state index contributed by atoms with van der Waals surface area (Å²) in [6.45, 7) is 2.96. The molecule has 0 fully saturated rings. The summed E-state index contributed by atoms with van der Waals surface area (Å²) in [5.74, 6) is -5.51. The van der Waals surface area contributed by atoms with Crippen molar-refractivity contribution in [2.24, 2.45) is 0 Å². The third kappa shape index (κ3) is 7.22. The van der Waals surface area contributed by atoms with Gasteiger partial charge in [0.05, 0.1) is 6.61 Å².